The summed E-state index contributed by atoms with van der Waals surface area (Å²) in [6.45, 7) is 4.48. The van der Waals surface area contributed by atoms with Gasteiger partial charge in [-0.3, -0.25) is 14.4 Å². The van der Waals surface area contributed by atoms with Gasteiger partial charge in [0.1, 0.15) is 0 Å². The summed E-state index contributed by atoms with van der Waals surface area (Å²) < 4.78 is 0. The number of hydrogen-bond acceptors (Lipinski definition) is 4. The molecule has 0 aliphatic heterocycles. The van der Waals surface area contributed by atoms with Crippen LogP contribution in [-0.2, 0) is 9.63 Å². The van der Waals surface area contributed by atoms with E-state index in [1.165, 1.54) is 11.3 Å². The van der Waals surface area contributed by atoms with Crippen molar-refractivity contribution in [2.24, 2.45) is 11.8 Å². The summed E-state index contributed by atoms with van der Waals surface area (Å²) >= 11 is 1.25. The minimum atomic E-state index is -0.280. The van der Waals surface area contributed by atoms with Crippen molar-refractivity contribution in [3.8, 4) is 0 Å². The van der Waals surface area contributed by atoms with Gasteiger partial charge >= 0.3 is 0 Å². The van der Waals surface area contributed by atoms with Crippen LogP contribution < -0.4 is 10.8 Å². The Morgan fingerprint density at radius 1 is 1.42 bits per heavy atom. The fourth-order valence-corrected chi connectivity index (χ4v) is 2.22. The summed E-state index contributed by atoms with van der Waals surface area (Å²) in [5, 5.41) is 3.51. The number of carbonyl (C=O) groups is 2. The van der Waals surface area contributed by atoms with E-state index in [2.05, 4.69) is 10.8 Å². The zero-order chi connectivity index (χ0) is 13.8. The van der Waals surface area contributed by atoms with Crippen LogP contribution in [0, 0.1) is 11.8 Å². The molecule has 0 bridgehead atoms. The zero-order valence-corrected chi connectivity index (χ0v) is 11.9. The lowest BCUT2D eigenvalue weighted by Gasteiger charge is -2.06. The van der Waals surface area contributed by atoms with E-state index in [1.807, 2.05) is 13.8 Å². The molecular weight excluding hydrogens is 264 g/mol. The van der Waals surface area contributed by atoms with E-state index in [0.29, 0.717) is 22.4 Å². The lowest BCUT2D eigenvalue weighted by molar-refractivity contribution is -0.117. The number of carbonyl (C=O) groups excluding carboxylic acids is 2. The van der Waals surface area contributed by atoms with Crippen molar-refractivity contribution >= 4 is 28.2 Å². The summed E-state index contributed by atoms with van der Waals surface area (Å²) in [4.78, 5) is 28.9. The summed E-state index contributed by atoms with van der Waals surface area (Å²) in [5.41, 5.74) is 2.39. The number of thiophene rings is 1. The van der Waals surface area contributed by atoms with Crippen molar-refractivity contribution in [1.29, 1.82) is 0 Å². The minimum Gasteiger partial charge on any atom is -0.317 e. The number of nitrogens with one attached hydrogen (secondary N) is 2. The fourth-order valence-electron chi connectivity index (χ4n) is 1.42. The molecule has 2 rings (SSSR count). The Labute approximate surface area is 116 Å². The maximum Gasteiger partial charge on any atom is 0.284 e. The van der Waals surface area contributed by atoms with E-state index in [-0.39, 0.29) is 17.7 Å². The first-order valence-corrected chi connectivity index (χ1v) is 7.20. The SMILES string of the molecule is CC(C)CONC(=O)c1ccc(NC(=O)C2CC2)s1. The normalized spacial score (nSPS) is 14.5. The third-order valence-corrected chi connectivity index (χ3v) is 3.61. The molecule has 0 atom stereocenters. The fraction of sp³-hybridized carbons (Fsp3) is 0.538. The van der Waals surface area contributed by atoms with Crippen LogP contribution in [0.25, 0.3) is 0 Å². The highest BCUT2D eigenvalue weighted by Crippen LogP contribution is 2.31. The van der Waals surface area contributed by atoms with Gasteiger partial charge in [0.25, 0.3) is 5.91 Å². The molecule has 104 valence electrons. The molecule has 1 saturated carbocycles. The Morgan fingerprint density at radius 2 is 2.16 bits per heavy atom. The maximum absolute atomic E-state index is 11.7. The maximum atomic E-state index is 11.7. The zero-order valence-electron chi connectivity index (χ0n) is 11.1. The molecule has 0 radical (unpaired) electrons. The van der Waals surface area contributed by atoms with Crippen molar-refractivity contribution in [3.05, 3.63) is 17.0 Å². The van der Waals surface area contributed by atoms with E-state index in [0.717, 1.165) is 12.8 Å². The molecule has 1 aliphatic rings. The second-order valence-electron chi connectivity index (χ2n) is 5.06. The third kappa shape index (κ3) is 4.33. The van der Waals surface area contributed by atoms with Gasteiger partial charge in [0, 0.05) is 5.92 Å². The van der Waals surface area contributed by atoms with Crippen molar-refractivity contribution in [2.75, 3.05) is 11.9 Å². The molecule has 5 nitrogen and oxygen atoms in total. The Morgan fingerprint density at radius 3 is 2.79 bits per heavy atom. The van der Waals surface area contributed by atoms with Crippen LogP contribution in [0.5, 0.6) is 0 Å². The van der Waals surface area contributed by atoms with E-state index in [1.54, 1.807) is 12.1 Å². The predicted molar refractivity (Wildman–Crippen MR) is 73.9 cm³/mol. The molecule has 19 heavy (non-hydrogen) atoms. The van der Waals surface area contributed by atoms with Crippen LogP contribution in [0.15, 0.2) is 12.1 Å². The van der Waals surface area contributed by atoms with E-state index < -0.39 is 0 Å². The van der Waals surface area contributed by atoms with Gasteiger partial charge in [0.2, 0.25) is 5.91 Å². The molecule has 1 aromatic rings. The van der Waals surface area contributed by atoms with Crippen LogP contribution in [-0.4, -0.2) is 18.4 Å². The van der Waals surface area contributed by atoms with Gasteiger partial charge in [0.05, 0.1) is 16.5 Å². The van der Waals surface area contributed by atoms with Crippen molar-refractivity contribution in [3.63, 3.8) is 0 Å². The van der Waals surface area contributed by atoms with Gasteiger partial charge in [-0.05, 0) is 30.9 Å². The summed E-state index contributed by atoms with van der Waals surface area (Å²) in [7, 11) is 0. The van der Waals surface area contributed by atoms with E-state index >= 15 is 0 Å². The average molecular weight is 282 g/mol. The van der Waals surface area contributed by atoms with Crippen LogP contribution in [0.3, 0.4) is 0 Å². The topological polar surface area (TPSA) is 67.4 Å². The lowest BCUT2D eigenvalue weighted by atomic mass is 10.2. The van der Waals surface area contributed by atoms with Crippen LogP contribution in [0.4, 0.5) is 5.00 Å². The van der Waals surface area contributed by atoms with Gasteiger partial charge in [-0.15, -0.1) is 11.3 Å². The van der Waals surface area contributed by atoms with Crippen LogP contribution >= 0.6 is 11.3 Å². The van der Waals surface area contributed by atoms with E-state index in [4.69, 9.17) is 4.84 Å². The molecule has 0 saturated heterocycles. The standard InChI is InChI=1S/C13H18N2O3S/c1-8(2)7-18-15-13(17)10-5-6-11(19-10)14-12(16)9-3-4-9/h5-6,8-9H,3-4,7H2,1-2H3,(H,14,16)(H,15,17). The monoisotopic (exact) mass is 282 g/mol. The predicted octanol–water partition coefficient (Wildman–Crippen LogP) is 2.41. The van der Waals surface area contributed by atoms with Crippen molar-refractivity contribution in [2.45, 2.75) is 26.7 Å². The Kier molecular flexibility index (Phi) is 4.55. The molecule has 1 aromatic heterocycles. The third-order valence-electron chi connectivity index (χ3n) is 2.61. The first-order valence-electron chi connectivity index (χ1n) is 6.39. The quantitative estimate of drug-likeness (QED) is 0.787. The Balaban J connectivity index is 1.81. The number of hydrogen-bond donors (Lipinski definition) is 2. The van der Waals surface area contributed by atoms with Gasteiger partial charge in [-0.2, -0.15) is 0 Å². The second-order valence-corrected chi connectivity index (χ2v) is 6.15. The van der Waals surface area contributed by atoms with Gasteiger partial charge in [-0.25, -0.2) is 5.48 Å². The Bertz CT molecular complexity index is 466. The molecule has 0 aromatic carbocycles. The molecule has 1 fully saturated rings. The molecule has 2 N–H and O–H groups in total. The van der Waals surface area contributed by atoms with Crippen LogP contribution in [0.2, 0.25) is 0 Å². The smallest absolute Gasteiger partial charge is 0.284 e. The molecule has 2 amide bonds. The summed E-state index contributed by atoms with van der Waals surface area (Å²) in [6, 6.07) is 3.42. The summed E-state index contributed by atoms with van der Waals surface area (Å²) in [6.07, 6.45) is 1.93. The second kappa shape index (κ2) is 6.16. The van der Waals surface area contributed by atoms with Crippen molar-refractivity contribution in [1.82, 2.24) is 5.48 Å². The molecule has 0 unspecified atom stereocenters. The number of rotatable bonds is 6. The van der Waals surface area contributed by atoms with Crippen LogP contribution in [0.1, 0.15) is 36.4 Å². The van der Waals surface area contributed by atoms with Gasteiger partial charge < -0.3 is 5.32 Å². The van der Waals surface area contributed by atoms with Gasteiger partial charge in [0.15, 0.2) is 0 Å². The molecule has 1 aliphatic carbocycles. The first kappa shape index (κ1) is 14.0. The first-order chi connectivity index (χ1) is 9.06. The molecule has 0 spiro atoms. The molecular formula is C13H18N2O3S. The highest BCUT2D eigenvalue weighted by Gasteiger charge is 2.29. The largest absolute Gasteiger partial charge is 0.317 e. The Hall–Kier alpha value is -1.40. The summed E-state index contributed by atoms with van der Waals surface area (Å²) in [5.74, 6) is 0.285. The number of hydroxylamine groups is 1. The molecule has 1 heterocycles. The van der Waals surface area contributed by atoms with E-state index in [9.17, 15) is 9.59 Å². The number of anilines is 1. The average Bonchev–Trinajstić information content (AvgIpc) is 3.10. The van der Waals surface area contributed by atoms with Crippen molar-refractivity contribution < 1.29 is 14.4 Å². The van der Waals surface area contributed by atoms with Gasteiger partial charge in [-0.1, -0.05) is 13.8 Å². The highest BCUT2D eigenvalue weighted by molar-refractivity contribution is 7.18. The number of amides is 2. The lowest BCUT2D eigenvalue weighted by Crippen LogP contribution is -2.24. The highest BCUT2D eigenvalue weighted by atomic mass is 32.1. The molecule has 6 heteroatoms. The minimum absolute atomic E-state index is 0.0462.